The number of carbonyl (C=O) groups is 3. The summed E-state index contributed by atoms with van der Waals surface area (Å²) >= 11 is 0. The van der Waals surface area contributed by atoms with Crippen LogP contribution in [0.4, 0.5) is 0 Å². The van der Waals surface area contributed by atoms with E-state index < -0.39 is 0 Å². The maximum Gasteiger partial charge on any atom is 0.308 e. The summed E-state index contributed by atoms with van der Waals surface area (Å²) in [5, 5.41) is 0. The van der Waals surface area contributed by atoms with Crippen molar-refractivity contribution in [2.24, 2.45) is 11.8 Å². The average Bonchev–Trinajstić information content (AvgIpc) is 2.81. The molecule has 1 aliphatic heterocycles. The van der Waals surface area contributed by atoms with Crippen molar-refractivity contribution >= 4 is 17.8 Å². The van der Waals surface area contributed by atoms with Crippen LogP contribution in [-0.2, 0) is 9.53 Å². The molecule has 5 nitrogen and oxygen atoms in total. The molecule has 1 heterocycles. The molecule has 1 aliphatic carbocycles. The van der Waals surface area contributed by atoms with Gasteiger partial charge in [-0.1, -0.05) is 12.1 Å². The van der Waals surface area contributed by atoms with E-state index in [4.69, 9.17) is 4.74 Å². The van der Waals surface area contributed by atoms with Crippen LogP contribution in [0.15, 0.2) is 24.3 Å². The van der Waals surface area contributed by atoms with Gasteiger partial charge in [-0.2, -0.15) is 0 Å². The lowest BCUT2D eigenvalue weighted by atomic mass is 9.82. The van der Waals surface area contributed by atoms with Crippen molar-refractivity contribution in [3.8, 4) is 0 Å². The predicted molar refractivity (Wildman–Crippen MR) is 83.9 cm³/mol. The highest BCUT2D eigenvalue weighted by Crippen LogP contribution is 2.32. The molecule has 5 heteroatoms. The van der Waals surface area contributed by atoms with Crippen molar-refractivity contribution in [3.63, 3.8) is 0 Å². The molecular formula is C18H21NO4. The van der Waals surface area contributed by atoms with E-state index in [1.165, 1.54) is 4.90 Å². The van der Waals surface area contributed by atoms with Crippen LogP contribution in [0, 0.1) is 11.8 Å². The topological polar surface area (TPSA) is 63.7 Å². The van der Waals surface area contributed by atoms with Crippen LogP contribution in [0.5, 0.6) is 0 Å². The molecule has 0 saturated heterocycles. The van der Waals surface area contributed by atoms with Crippen LogP contribution in [-0.4, -0.2) is 35.8 Å². The minimum atomic E-state index is -0.196. The number of esters is 1. The molecule has 2 amide bonds. The summed E-state index contributed by atoms with van der Waals surface area (Å²) in [7, 11) is 0. The third-order valence-corrected chi connectivity index (χ3v) is 4.79. The van der Waals surface area contributed by atoms with Gasteiger partial charge in [0, 0.05) is 6.54 Å². The smallest absolute Gasteiger partial charge is 0.308 e. The van der Waals surface area contributed by atoms with Gasteiger partial charge in [-0.05, 0) is 50.7 Å². The maximum atomic E-state index is 12.4. The van der Waals surface area contributed by atoms with Gasteiger partial charge in [0.2, 0.25) is 0 Å². The van der Waals surface area contributed by atoms with E-state index in [1.807, 2.05) is 6.92 Å². The second-order valence-corrected chi connectivity index (χ2v) is 6.24. The Morgan fingerprint density at radius 3 is 2.17 bits per heavy atom. The Kier molecular flexibility index (Phi) is 4.46. The Labute approximate surface area is 135 Å². The normalized spacial score (nSPS) is 23.8. The van der Waals surface area contributed by atoms with Crippen LogP contribution in [0.3, 0.4) is 0 Å². The first-order valence-corrected chi connectivity index (χ1v) is 8.23. The van der Waals surface area contributed by atoms with Gasteiger partial charge < -0.3 is 4.74 Å². The van der Waals surface area contributed by atoms with Crippen LogP contribution < -0.4 is 0 Å². The lowest BCUT2D eigenvalue weighted by Crippen LogP contribution is -2.36. The molecule has 0 N–H and O–H groups in total. The van der Waals surface area contributed by atoms with E-state index >= 15 is 0 Å². The second kappa shape index (κ2) is 6.52. The molecule has 3 rings (SSSR count). The molecule has 0 radical (unpaired) electrons. The molecule has 1 aromatic carbocycles. The summed E-state index contributed by atoms with van der Waals surface area (Å²) in [5.74, 6) is -0.279. The molecule has 0 unspecified atom stereocenters. The van der Waals surface area contributed by atoms with Gasteiger partial charge in [-0.3, -0.25) is 19.3 Å². The van der Waals surface area contributed by atoms with Crippen molar-refractivity contribution in [2.45, 2.75) is 32.6 Å². The summed E-state index contributed by atoms with van der Waals surface area (Å²) in [6.45, 7) is 2.67. The fourth-order valence-electron chi connectivity index (χ4n) is 3.50. The third-order valence-electron chi connectivity index (χ3n) is 4.79. The number of nitrogens with zero attached hydrogens (tertiary/aromatic N) is 1. The number of amides is 2. The van der Waals surface area contributed by atoms with Crippen molar-refractivity contribution < 1.29 is 19.1 Å². The Balaban J connectivity index is 1.59. The molecule has 1 saturated carbocycles. The van der Waals surface area contributed by atoms with Gasteiger partial charge in [0.15, 0.2) is 0 Å². The molecule has 1 fully saturated rings. The molecule has 0 spiro atoms. The molecule has 122 valence electrons. The number of hydrogen-bond acceptors (Lipinski definition) is 4. The Morgan fingerprint density at radius 2 is 1.65 bits per heavy atom. The van der Waals surface area contributed by atoms with Crippen molar-refractivity contribution in [1.82, 2.24) is 4.90 Å². The third kappa shape index (κ3) is 3.00. The fourth-order valence-corrected chi connectivity index (χ4v) is 3.50. The lowest BCUT2D eigenvalue weighted by molar-refractivity contribution is -0.149. The highest BCUT2D eigenvalue weighted by Gasteiger charge is 2.37. The first-order chi connectivity index (χ1) is 11.1. The first-order valence-electron chi connectivity index (χ1n) is 8.23. The zero-order valence-electron chi connectivity index (χ0n) is 13.3. The number of hydrogen-bond donors (Lipinski definition) is 0. The van der Waals surface area contributed by atoms with Crippen LogP contribution >= 0.6 is 0 Å². The van der Waals surface area contributed by atoms with E-state index in [-0.39, 0.29) is 29.6 Å². The first kappa shape index (κ1) is 15.7. The molecule has 0 aromatic heterocycles. The summed E-state index contributed by atoms with van der Waals surface area (Å²) in [5.41, 5.74) is 0.996. The van der Waals surface area contributed by atoms with E-state index in [0.29, 0.717) is 24.3 Å². The van der Waals surface area contributed by atoms with Crippen molar-refractivity contribution in [3.05, 3.63) is 35.4 Å². The van der Waals surface area contributed by atoms with Crippen LogP contribution in [0.2, 0.25) is 0 Å². The number of carbonyl (C=O) groups excluding carboxylic acids is 3. The molecule has 0 bridgehead atoms. The van der Waals surface area contributed by atoms with Crippen LogP contribution in [0.25, 0.3) is 0 Å². The number of rotatable bonds is 4. The standard InChI is InChI=1S/C18H21NO4/c1-2-23-18(22)13-9-7-12(8-10-13)11-19-16(20)14-5-3-4-6-15(14)17(19)21/h3-6,12-13H,2,7-11H2,1H3. The zero-order chi connectivity index (χ0) is 16.4. The Bertz CT molecular complexity index is 597. The predicted octanol–water partition coefficient (Wildman–Crippen LogP) is 2.65. The highest BCUT2D eigenvalue weighted by molar-refractivity contribution is 6.21. The van der Waals surface area contributed by atoms with E-state index in [1.54, 1.807) is 24.3 Å². The molecule has 2 aliphatic rings. The molecule has 23 heavy (non-hydrogen) atoms. The summed E-state index contributed by atoms with van der Waals surface area (Å²) in [4.78, 5) is 37.9. The Morgan fingerprint density at radius 1 is 1.09 bits per heavy atom. The van der Waals surface area contributed by atoms with E-state index in [9.17, 15) is 14.4 Å². The van der Waals surface area contributed by atoms with Gasteiger partial charge >= 0.3 is 5.97 Å². The van der Waals surface area contributed by atoms with Crippen molar-refractivity contribution in [2.75, 3.05) is 13.2 Å². The highest BCUT2D eigenvalue weighted by atomic mass is 16.5. The fraction of sp³-hybridized carbons (Fsp3) is 0.500. The lowest BCUT2D eigenvalue weighted by Gasteiger charge is -2.29. The molecule has 1 aromatic rings. The molecular weight excluding hydrogens is 294 g/mol. The maximum absolute atomic E-state index is 12.4. The van der Waals surface area contributed by atoms with E-state index in [2.05, 4.69) is 0 Å². The monoisotopic (exact) mass is 315 g/mol. The van der Waals surface area contributed by atoms with Crippen LogP contribution in [0.1, 0.15) is 53.3 Å². The van der Waals surface area contributed by atoms with Crippen molar-refractivity contribution in [1.29, 1.82) is 0 Å². The van der Waals surface area contributed by atoms with Gasteiger partial charge in [-0.25, -0.2) is 0 Å². The molecule has 0 atom stereocenters. The number of ether oxygens (including phenoxy) is 1. The quantitative estimate of drug-likeness (QED) is 0.633. The summed E-state index contributed by atoms with van der Waals surface area (Å²) in [6, 6.07) is 6.95. The van der Waals surface area contributed by atoms with Gasteiger partial charge in [0.1, 0.15) is 0 Å². The SMILES string of the molecule is CCOC(=O)C1CCC(CN2C(=O)c3ccccc3C2=O)CC1. The van der Waals surface area contributed by atoms with E-state index in [0.717, 1.165) is 25.7 Å². The zero-order valence-corrected chi connectivity index (χ0v) is 13.3. The largest absolute Gasteiger partial charge is 0.466 e. The van der Waals surface area contributed by atoms with Gasteiger partial charge in [0.05, 0.1) is 23.7 Å². The average molecular weight is 315 g/mol. The summed E-state index contributed by atoms with van der Waals surface area (Å²) < 4.78 is 5.07. The minimum absolute atomic E-state index is 0.0339. The Hall–Kier alpha value is -2.17. The van der Waals surface area contributed by atoms with Gasteiger partial charge in [0.25, 0.3) is 11.8 Å². The second-order valence-electron chi connectivity index (χ2n) is 6.24. The number of imide groups is 1. The number of fused-ring (bicyclic) bond motifs is 1. The summed E-state index contributed by atoms with van der Waals surface area (Å²) in [6.07, 6.45) is 3.23. The van der Waals surface area contributed by atoms with Gasteiger partial charge in [-0.15, -0.1) is 0 Å². The minimum Gasteiger partial charge on any atom is -0.466 e. The number of benzene rings is 1.